The number of methoxy groups -OCH3 is 1. The third kappa shape index (κ3) is 3.54. The molecule has 0 aliphatic carbocycles. The topological polar surface area (TPSA) is 42.4 Å². The van der Waals surface area contributed by atoms with Gasteiger partial charge < -0.3 is 9.64 Å². The van der Waals surface area contributed by atoms with E-state index in [1.54, 1.807) is 7.11 Å². The maximum atomic E-state index is 11.1. The Balaban J connectivity index is 2.15. The Kier molecular flexibility index (Phi) is 4.58. The molecule has 0 N–H and O–H groups in total. The van der Waals surface area contributed by atoms with Crippen molar-refractivity contribution in [3.8, 4) is 0 Å². The van der Waals surface area contributed by atoms with Gasteiger partial charge in [-0.3, -0.25) is 4.79 Å². The number of thiazole rings is 1. The van der Waals surface area contributed by atoms with Gasteiger partial charge in [-0.25, -0.2) is 4.98 Å². The first-order chi connectivity index (χ1) is 9.05. The molecule has 0 saturated carbocycles. The molecule has 0 radical (unpaired) electrons. The van der Waals surface area contributed by atoms with Crippen LogP contribution in [0.25, 0.3) is 0 Å². The highest BCUT2D eigenvalue weighted by molar-refractivity contribution is 7.17. The number of hydrogen-bond donors (Lipinski definition) is 0. The molecule has 0 unspecified atom stereocenters. The van der Waals surface area contributed by atoms with Crippen LogP contribution < -0.4 is 4.90 Å². The van der Waals surface area contributed by atoms with Gasteiger partial charge in [0.25, 0.3) is 0 Å². The second kappa shape index (κ2) is 6.01. The highest BCUT2D eigenvalue weighted by Gasteiger charge is 2.25. The molecule has 2 heterocycles. The molecule has 106 valence electrons. The smallest absolute Gasteiger partial charge is 0.186 e. The summed E-state index contributed by atoms with van der Waals surface area (Å²) in [6, 6.07) is 0. The van der Waals surface area contributed by atoms with Gasteiger partial charge in [-0.15, -0.1) is 0 Å². The molecule has 1 aliphatic rings. The monoisotopic (exact) mass is 282 g/mol. The zero-order chi connectivity index (χ0) is 13.9. The number of anilines is 1. The number of ether oxygens (including phenoxy) is 1. The normalized spacial score (nSPS) is 19.2. The molecule has 4 nitrogen and oxygen atoms in total. The largest absolute Gasteiger partial charge is 0.378 e. The molecule has 1 saturated heterocycles. The van der Waals surface area contributed by atoms with E-state index in [1.165, 1.54) is 30.6 Å². The van der Waals surface area contributed by atoms with Crippen LogP contribution in [0.15, 0.2) is 0 Å². The van der Waals surface area contributed by atoms with Gasteiger partial charge in [0.2, 0.25) is 0 Å². The molecule has 1 aromatic rings. The van der Waals surface area contributed by atoms with Crippen LogP contribution in [0.5, 0.6) is 0 Å². The Morgan fingerprint density at radius 2 is 2.21 bits per heavy atom. The Bertz CT molecular complexity index is 443. The van der Waals surface area contributed by atoms with Crippen molar-refractivity contribution in [2.75, 3.05) is 25.1 Å². The van der Waals surface area contributed by atoms with Crippen LogP contribution in [-0.4, -0.2) is 31.5 Å². The van der Waals surface area contributed by atoms with Crippen LogP contribution in [-0.2, 0) is 11.3 Å². The Morgan fingerprint density at radius 3 is 2.89 bits per heavy atom. The molecule has 2 rings (SSSR count). The minimum Gasteiger partial charge on any atom is -0.378 e. The molecule has 0 bridgehead atoms. The summed E-state index contributed by atoms with van der Waals surface area (Å²) in [5.74, 6) is 0. The number of rotatable bonds is 4. The fourth-order valence-corrected chi connectivity index (χ4v) is 3.37. The molecule has 1 fully saturated rings. The van der Waals surface area contributed by atoms with Crippen LogP contribution in [0.3, 0.4) is 0 Å². The zero-order valence-corrected chi connectivity index (χ0v) is 12.8. The molecule has 0 aromatic carbocycles. The minimum absolute atomic E-state index is 0.407. The quantitative estimate of drug-likeness (QED) is 0.796. The van der Waals surface area contributed by atoms with Gasteiger partial charge in [-0.05, 0) is 24.7 Å². The van der Waals surface area contributed by atoms with E-state index in [2.05, 4.69) is 23.7 Å². The van der Waals surface area contributed by atoms with Crippen molar-refractivity contribution < 1.29 is 9.53 Å². The van der Waals surface area contributed by atoms with Crippen LogP contribution in [0, 0.1) is 5.41 Å². The Hall–Kier alpha value is -0.940. The van der Waals surface area contributed by atoms with E-state index in [0.29, 0.717) is 16.9 Å². The predicted octanol–water partition coefficient (Wildman–Crippen LogP) is 3.12. The van der Waals surface area contributed by atoms with Gasteiger partial charge in [0.1, 0.15) is 0 Å². The van der Waals surface area contributed by atoms with Gasteiger partial charge >= 0.3 is 0 Å². The van der Waals surface area contributed by atoms with Crippen molar-refractivity contribution in [3.63, 3.8) is 0 Å². The average molecular weight is 282 g/mol. The van der Waals surface area contributed by atoms with Crippen molar-refractivity contribution in [3.05, 3.63) is 10.6 Å². The molecule has 0 atom stereocenters. The van der Waals surface area contributed by atoms with Crippen LogP contribution in [0.2, 0.25) is 0 Å². The van der Waals surface area contributed by atoms with Crippen molar-refractivity contribution in [2.24, 2.45) is 5.41 Å². The molecule has 19 heavy (non-hydrogen) atoms. The number of nitrogens with zero attached hydrogens (tertiary/aromatic N) is 2. The molecule has 1 aromatic heterocycles. The number of hydrogen-bond acceptors (Lipinski definition) is 5. The first-order valence-corrected chi connectivity index (χ1v) is 7.56. The predicted molar refractivity (Wildman–Crippen MR) is 78.1 cm³/mol. The Labute approximate surface area is 118 Å². The zero-order valence-electron chi connectivity index (χ0n) is 11.9. The molecule has 5 heteroatoms. The van der Waals surface area contributed by atoms with E-state index in [-0.39, 0.29) is 0 Å². The minimum atomic E-state index is 0.407. The van der Waals surface area contributed by atoms with Gasteiger partial charge in [0.05, 0.1) is 17.2 Å². The third-order valence-corrected chi connectivity index (χ3v) is 4.80. The SMILES string of the molecule is COCc1nc(N2CCCC(C)(C)CC2)sc1C=O. The summed E-state index contributed by atoms with van der Waals surface area (Å²) >= 11 is 1.48. The summed E-state index contributed by atoms with van der Waals surface area (Å²) in [4.78, 5) is 18.6. The first kappa shape index (κ1) is 14.5. The lowest BCUT2D eigenvalue weighted by Gasteiger charge is -2.22. The second-order valence-corrected chi connectivity index (χ2v) is 6.87. The van der Waals surface area contributed by atoms with E-state index in [1.807, 2.05) is 0 Å². The summed E-state index contributed by atoms with van der Waals surface area (Å²) in [7, 11) is 1.63. The second-order valence-electron chi connectivity index (χ2n) is 5.86. The summed E-state index contributed by atoms with van der Waals surface area (Å²) in [5.41, 5.74) is 1.18. The summed E-state index contributed by atoms with van der Waals surface area (Å²) in [5, 5.41) is 0.965. The van der Waals surface area contributed by atoms with Crippen LogP contribution in [0.1, 0.15) is 48.5 Å². The van der Waals surface area contributed by atoms with E-state index >= 15 is 0 Å². The fourth-order valence-electron chi connectivity index (χ4n) is 2.43. The standard InChI is InChI=1S/C14H22N2O2S/c1-14(2)5-4-7-16(8-6-14)13-15-11(10-18-3)12(9-17)19-13/h9H,4-8,10H2,1-3H3. The van der Waals surface area contributed by atoms with Gasteiger partial charge in [0.15, 0.2) is 11.4 Å². The van der Waals surface area contributed by atoms with Gasteiger partial charge in [-0.1, -0.05) is 25.2 Å². The molecule has 0 spiro atoms. The van der Waals surface area contributed by atoms with Crippen molar-refractivity contribution in [1.29, 1.82) is 0 Å². The number of aldehydes is 1. The highest BCUT2D eigenvalue weighted by atomic mass is 32.1. The average Bonchev–Trinajstić information content (AvgIpc) is 2.67. The van der Waals surface area contributed by atoms with Crippen molar-refractivity contribution in [2.45, 2.75) is 39.7 Å². The van der Waals surface area contributed by atoms with E-state index < -0.39 is 0 Å². The number of carbonyl (C=O) groups excluding carboxylic acids is 1. The molecular formula is C14H22N2O2S. The van der Waals surface area contributed by atoms with E-state index in [9.17, 15) is 4.79 Å². The summed E-state index contributed by atoms with van der Waals surface area (Å²) < 4.78 is 5.10. The van der Waals surface area contributed by atoms with Gasteiger partial charge in [0, 0.05) is 20.2 Å². The fraction of sp³-hybridized carbons (Fsp3) is 0.714. The van der Waals surface area contributed by atoms with E-state index in [4.69, 9.17) is 4.74 Å². The Morgan fingerprint density at radius 1 is 1.42 bits per heavy atom. The van der Waals surface area contributed by atoms with E-state index in [0.717, 1.165) is 30.2 Å². The molecule has 0 amide bonds. The van der Waals surface area contributed by atoms with Crippen molar-refractivity contribution in [1.82, 2.24) is 4.98 Å². The van der Waals surface area contributed by atoms with Crippen molar-refractivity contribution >= 4 is 22.8 Å². The maximum Gasteiger partial charge on any atom is 0.186 e. The number of carbonyl (C=O) groups is 1. The van der Waals surface area contributed by atoms with Crippen LogP contribution >= 0.6 is 11.3 Å². The lowest BCUT2D eigenvalue weighted by Crippen LogP contribution is -2.24. The highest BCUT2D eigenvalue weighted by Crippen LogP contribution is 2.33. The summed E-state index contributed by atoms with van der Waals surface area (Å²) in [6.07, 6.45) is 4.49. The van der Waals surface area contributed by atoms with Crippen LogP contribution in [0.4, 0.5) is 5.13 Å². The lowest BCUT2D eigenvalue weighted by molar-refractivity contribution is 0.112. The first-order valence-electron chi connectivity index (χ1n) is 6.74. The molecule has 1 aliphatic heterocycles. The van der Waals surface area contributed by atoms with Gasteiger partial charge in [-0.2, -0.15) is 0 Å². The lowest BCUT2D eigenvalue weighted by atomic mass is 9.85. The number of aromatic nitrogens is 1. The molecular weight excluding hydrogens is 260 g/mol. The summed E-state index contributed by atoms with van der Waals surface area (Å²) in [6.45, 7) is 7.11. The maximum absolute atomic E-state index is 11.1. The third-order valence-electron chi connectivity index (χ3n) is 3.71.